The van der Waals surface area contributed by atoms with Crippen molar-refractivity contribution >= 4 is 27.7 Å². The number of hydrogen-bond donors (Lipinski definition) is 1. The van der Waals surface area contributed by atoms with Gasteiger partial charge in [0, 0.05) is 22.8 Å². The van der Waals surface area contributed by atoms with E-state index in [1.807, 2.05) is 18.0 Å². The summed E-state index contributed by atoms with van der Waals surface area (Å²) in [6.07, 6.45) is 1.47. The van der Waals surface area contributed by atoms with Crippen LogP contribution in [0.15, 0.2) is 45.5 Å². The largest absolute Gasteiger partial charge is 0.345 e. The molecule has 0 fully saturated rings. The number of fused-ring (bicyclic) bond motifs is 1. The Morgan fingerprint density at radius 2 is 2.07 bits per heavy atom. The van der Waals surface area contributed by atoms with Gasteiger partial charge in [-0.05, 0) is 42.3 Å². The Bertz CT molecular complexity index is 851. The highest BCUT2D eigenvalue weighted by Crippen LogP contribution is 2.28. The summed E-state index contributed by atoms with van der Waals surface area (Å²) in [6.45, 7) is 4.27. The number of allylic oxidation sites excluding steroid dienone is 2. The predicted molar refractivity (Wildman–Crippen MR) is 101 cm³/mol. The first kappa shape index (κ1) is 19.7. The van der Waals surface area contributed by atoms with Crippen molar-refractivity contribution in [3.8, 4) is 0 Å². The van der Waals surface area contributed by atoms with E-state index in [0.29, 0.717) is 11.4 Å². The number of rotatable bonds is 4. The molecule has 0 bridgehead atoms. The van der Waals surface area contributed by atoms with E-state index in [1.54, 1.807) is 13.0 Å². The third-order valence-corrected chi connectivity index (χ3v) is 4.99. The van der Waals surface area contributed by atoms with Gasteiger partial charge in [-0.3, -0.25) is 9.79 Å². The maximum absolute atomic E-state index is 14.4. The number of carbonyl (C=O) groups is 1. The van der Waals surface area contributed by atoms with Crippen molar-refractivity contribution in [3.05, 3.63) is 57.5 Å². The van der Waals surface area contributed by atoms with Crippen LogP contribution in [-0.4, -0.2) is 29.2 Å². The number of alkyl halides is 2. The topological polar surface area (TPSA) is 44.7 Å². The molecule has 0 radical (unpaired) electrons. The lowest BCUT2D eigenvalue weighted by Crippen LogP contribution is -2.42. The lowest BCUT2D eigenvalue weighted by molar-refractivity contribution is -0.117. The maximum Gasteiger partial charge on any atom is 0.266 e. The minimum atomic E-state index is -2.92. The number of hydrogen-bond acceptors (Lipinski definition) is 3. The molecule has 2 aliphatic heterocycles. The summed E-state index contributed by atoms with van der Waals surface area (Å²) in [5.41, 5.74) is -0.302. The van der Waals surface area contributed by atoms with E-state index in [1.165, 1.54) is 12.1 Å². The molecular formula is C19H19BrF3N3O. The Kier molecular flexibility index (Phi) is 5.74. The summed E-state index contributed by atoms with van der Waals surface area (Å²) in [6, 6.07) is 3.10. The molecule has 1 aromatic carbocycles. The second kappa shape index (κ2) is 7.88. The first-order valence-electron chi connectivity index (χ1n) is 8.59. The van der Waals surface area contributed by atoms with Gasteiger partial charge in [0.25, 0.3) is 12.3 Å². The van der Waals surface area contributed by atoms with Crippen LogP contribution in [-0.2, 0) is 4.79 Å². The van der Waals surface area contributed by atoms with E-state index in [0.717, 1.165) is 23.5 Å². The molecule has 0 spiro atoms. The Labute approximate surface area is 164 Å². The van der Waals surface area contributed by atoms with Crippen LogP contribution < -0.4 is 5.32 Å². The summed E-state index contributed by atoms with van der Waals surface area (Å²) in [4.78, 5) is 19.3. The number of benzene rings is 1. The van der Waals surface area contributed by atoms with Crippen molar-refractivity contribution in [1.29, 1.82) is 0 Å². The second-order valence-electron chi connectivity index (χ2n) is 6.60. The van der Waals surface area contributed by atoms with Crippen LogP contribution in [0.25, 0.3) is 0 Å². The fourth-order valence-corrected chi connectivity index (χ4v) is 3.58. The van der Waals surface area contributed by atoms with Gasteiger partial charge < -0.3 is 10.2 Å². The Morgan fingerprint density at radius 3 is 2.78 bits per heavy atom. The summed E-state index contributed by atoms with van der Waals surface area (Å²) >= 11 is 3.39. The number of nitrogens with one attached hydrogen (secondary N) is 1. The van der Waals surface area contributed by atoms with Crippen LogP contribution in [0, 0.1) is 5.82 Å². The normalized spacial score (nSPS) is 20.5. The van der Waals surface area contributed by atoms with Crippen molar-refractivity contribution in [3.63, 3.8) is 0 Å². The second-order valence-corrected chi connectivity index (χ2v) is 7.52. The van der Waals surface area contributed by atoms with Gasteiger partial charge in [-0.1, -0.05) is 18.2 Å². The highest BCUT2D eigenvalue weighted by atomic mass is 79.9. The van der Waals surface area contributed by atoms with Crippen LogP contribution in [0.2, 0.25) is 0 Å². The molecule has 0 saturated heterocycles. The molecular weight excluding hydrogens is 423 g/mol. The molecule has 2 heterocycles. The summed E-state index contributed by atoms with van der Waals surface area (Å²) in [7, 11) is 0. The van der Waals surface area contributed by atoms with Gasteiger partial charge in [-0.25, -0.2) is 13.2 Å². The highest BCUT2D eigenvalue weighted by molar-refractivity contribution is 9.11. The van der Waals surface area contributed by atoms with E-state index < -0.39 is 29.8 Å². The Hall–Kier alpha value is -2.09. The fourth-order valence-electron chi connectivity index (χ4n) is 3.11. The zero-order chi connectivity index (χ0) is 19.7. The van der Waals surface area contributed by atoms with Gasteiger partial charge in [0.15, 0.2) is 0 Å². The van der Waals surface area contributed by atoms with Crippen molar-refractivity contribution < 1.29 is 18.0 Å². The summed E-state index contributed by atoms with van der Waals surface area (Å²) in [5, 5.41) is 2.69. The van der Waals surface area contributed by atoms with Gasteiger partial charge in [0.05, 0.1) is 23.2 Å². The molecule has 0 aliphatic carbocycles. The average Bonchev–Trinajstić information content (AvgIpc) is 2.61. The summed E-state index contributed by atoms with van der Waals surface area (Å²) in [5.74, 6) is -0.875. The molecule has 27 heavy (non-hydrogen) atoms. The smallest absolute Gasteiger partial charge is 0.266 e. The van der Waals surface area contributed by atoms with Crippen LogP contribution in [0.3, 0.4) is 0 Å². The third kappa shape index (κ3) is 4.10. The minimum Gasteiger partial charge on any atom is -0.345 e. The number of aliphatic imine (C=N–C) groups is 1. The molecule has 2 aliphatic rings. The van der Waals surface area contributed by atoms with E-state index in [9.17, 15) is 18.0 Å². The number of nitrogens with zero attached hydrogens (tertiary/aromatic N) is 2. The molecule has 3 rings (SSSR count). The van der Waals surface area contributed by atoms with Gasteiger partial charge in [-0.2, -0.15) is 0 Å². The van der Waals surface area contributed by atoms with Crippen LogP contribution in [0.5, 0.6) is 0 Å². The summed E-state index contributed by atoms with van der Waals surface area (Å²) < 4.78 is 40.9. The SMILES string of the molecule is C[C@H]1CCN2C=C(Br)C=C(C(=O)N[C@H](C)c3cccc(C(F)F)c3F)C2=N1. The maximum atomic E-state index is 14.4. The molecule has 1 amide bonds. The number of amides is 1. The number of halogens is 4. The van der Waals surface area contributed by atoms with Gasteiger partial charge in [0.2, 0.25) is 0 Å². The first-order chi connectivity index (χ1) is 12.8. The van der Waals surface area contributed by atoms with Crippen LogP contribution in [0.4, 0.5) is 13.2 Å². The van der Waals surface area contributed by atoms with Crippen molar-refractivity contribution in [1.82, 2.24) is 10.2 Å². The standard InChI is InChI=1S/C19H19BrF3N3O/c1-10-6-7-26-9-12(20)8-15(18(26)24-10)19(27)25-11(2)13-4-3-5-14(16(13)21)17(22)23/h3-5,8-11,17H,6-7H2,1-2H3,(H,25,27)/t10-,11+/m0/s1. The average molecular weight is 442 g/mol. The Morgan fingerprint density at radius 1 is 1.37 bits per heavy atom. The number of amidine groups is 1. The Balaban J connectivity index is 1.85. The molecule has 144 valence electrons. The molecule has 0 unspecified atom stereocenters. The quantitative estimate of drug-likeness (QED) is 0.741. The number of carbonyl (C=O) groups excluding carboxylic acids is 1. The van der Waals surface area contributed by atoms with E-state index >= 15 is 0 Å². The van der Waals surface area contributed by atoms with E-state index in [-0.39, 0.29) is 11.6 Å². The molecule has 8 heteroatoms. The first-order valence-corrected chi connectivity index (χ1v) is 9.38. The van der Waals surface area contributed by atoms with Gasteiger partial charge in [0.1, 0.15) is 11.7 Å². The van der Waals surface area contributed by atoms with Crippen molar-refractivity contribution in [2.75, 3.05) is 6.54 Å². The molecule has 2 atom stereocenters. The minimum absolute atomic E-state index is 0.0166. The van der Waals surface area contributed by atoms with Crippen molar-refractivity contribution in [2.45, 2.75) is 38.8 Å². The zero-order valence-electron chi connectivity index (χ0n) is 14.8. The molecule has 1 aromatic rings. The van der Waals surface area contributed by atoms with Gasteiger partial charge in [-0.15, -0.1) is 0 Å². The van der Waals surface area contributed by atoms with Crippen LogP contribution in [0.1, 0.15) is 43.9 Å². The highest BCUT2D eigenvalue weighted by Gasteiger charge is 2.29. The molecule has 0 aromatic heterocycles. The fraction of sp³-hybridized carbons (Fsp3) is 0.368. The zero-order valence-corrected chi connectivity index (χ0v) is 16.4. The lowest BCUT2D eigenvalue weighted by atomic mass is 10.0. The third-order valence-electron chi connectivity index (χ3n) is 4.56. The monoisotopic (exact) mass is 441 g/mol. The molecule has 4 nitrogen and oxygen atoms in total. The predicted octanol–water partition coefficient (Wildman–Crippen LogP) is 4.61. The van der Waals surface area contributed by atoms with E-state index in [4.69, 9.17) is 0 Å². The van der Waals surface area contributed by atoms with E-state index in [2.05, 4.69) is 26.2 Å². The lowest BCUT2D eigenvalue weighted by Gasteiger charge is -2.32. The molecule has 0 saturated carbocycles. The van der Waals surface area contributed by atoms with Crippen LogP contribution >= 0.6 is 15.9 Å². The van der Waals surface area contributed by atoms with Gasteiger partial charge >= 0.3 is 0 Å². The molecule has 1 N–H and O–H groups in total. The van der Waals surface area contributed by atoms with Crippen molar-refractivity contribution in [2.24, 2.45) is 4.99 Å².